The number of hydrogen-bond acceptors (Lipinski definition) is 5. The number of halogens is 1. The summed E-state index contributed by atoms with van der Waals surface area (Å²) in [5, 5.41) is 4.84. The van der Waals surface area contributed by atoms with Crippen LogP contribution in [0.1, 0.15) is 5.56 Å². The minimum Gasteiger partial charge on any atom is -0.389 e. The summed E-state index contributed by atoms with van der Waals surface area (Å²) in [6.45, 7) is 0. The fourth-order valence-electron chi connectivity index (χ4n) is 5.05. The molecule has 0 aliphatic carbocycles. The molecular weight excluding hydrogens is 380 g/mol. The molecule has 3 saturated heterocycles. The molecule has 4 aliphatic heterocycles. The van der Waals surface area contributed by atoms with Crippen LogP contribution in [0.4, 0.5) is 5.69 Å². The average molecular weight is 395 g/mol. The number of benzene rings is 2. The summed E-state index contributed by atoms with van der Waals surface area (Å²) in [5.41, 5.74) is 2.28. The Kier molecular flexibility index (Phi) is 3.29. The largest absolute Gasteiger partial charge is 0.389 e. The maximum atomic E-state index is 13.2. The van der Waals surface area contributed by atoms with E-state index in [2.05, 4.69) is 5.16 Å². The Hall–Kier alpha value is -2.70. The van der Waals surface area contributed by atoms with Crippen molar-refractivity contribution in [1.29, 1.82) is 0 Å². The minimum absolute atomic E-state index is 0.143. The maximum Gasteiger partial charge on any atom is 0.240 e. The van der Waals surface area contributed by atoms with Crippen LogP contribution in [-0.4, -0.2) is 35.8 Å². The van der Waals surface area contributed by atoms with Crippen molar-refractivity contribution in [3.05, 3.63) is 65.2 Å². The van der Waals surface area contributed by atoms with Crippen molar-refractivity contribution in [2.24, 2.45) is 22.9 Å². The Balaban J connectivity index is 1.36. The van der Waals surface area contributed by atoms with Crippen molar-refractivity contribution in [1.82, 2.24) is 0 Å². The van der Waals surface area contributed by atoms with Gasteiger partial charge in [-0.3, -0.25) is 9.59 Å². The van der Waals surface area contributed by atoms with Gasteiger partial charge in [-0.25, -0.2) is 4.90 Å². The van der Waals surface area contributed by atoms with Gasteiger partial charge in [0.15, 0.2) is 6.10 Å². The zero-order valence-electron chi connectivity index (χ0n) is 14.6. The number of carbonyl (C=O) groups excluding carboxylic acids is 2. The molecule has 2 amide bonds. The first kappa shape index (κ1) is 16.3. The molecule has 0 spiro atoms. The zero-order valence-corrected chi connectivity index (χ0v) is 15.3. The van der Waals surface area contributed by atoms with Gasteiger partial charge in [-0.1, -0.05) is 47.1 Å². The Morgan fingerprint density at radius 3 is 2.21 bits per heavy atom. The summed E-state index contributed by atoms with van der Waals surface area (Å²) in [4.78, 5) is 33.3. The minimum atomic E-state index is -0.528. The number of fused-ring (bicyclic) bond motifs is 8. The molecule has 0 N–H and O–H groups in total. The summed E-state index contributed by atoms with van der Waals surface area (Å²) in [6.07, 6.45) is -1.20. The third-order valence-electron chi connectivity index (χ3n) is 6.19. The highest BCUT2D eigenvalue weighted by Crippen LogP contribution is 2.55. The lowest BCUT2D eigenvalue weighted by Crippen LogP contribution is -2.45. The lowest BCUT2D eigenvalue weighted by Gasteiger charge is -2.26. The molecule has 140 valence electrons. The van der Waals surface area contributed by atoms with Gasteiger partial charge >= 0.3 is 0 Å². The van der Waals surface area contributed by atoms with E-state index < -0.39 is 24.0 Å². The molecule has 2 bridgehead atoms. The number of rotatable bonds is 2. The van der Waals surface area contributed by atoms with E-state index in [0.29, 0.717) is 10.7 Å². The van der Waals surface area contributed by atoms with Crippen molar-refractivity contribution in [2.45, 2.75) is 18.3 Å². The van der Waals surface area contributed by atoms with E-state index in [1.54, 1.807) is 24.3 Å². The summed E-state index contributed by atoms with van der Waals surface area (Å²) in [5.74, 6) is -1.64. The normalized spacial score (nSPS) is 35.0. The fourth-order valence-corrected chi connectivity index (χ4v) is 5.18. The number of oxime groups is 1. The van der Waals surface area contributed by atoms with Crippen LogP contribution in [-0.2, 0) is 19.2 Å². The summed E-state index contributed by atoms with van der Waals surface area (Å²) < 4.78 is 6.11. The molecule has 4 heterocycles. The highest BCUT2D eigenvalue weighted by Gasteiger charge is 2.72. The molecular formula is C21H15ClN2O4. The predicted octanol–water partition coefficient (Wildman–Crippen LogP) is 2.65. The Morgan fingerprint density at radius 1 is 0.821 bits per heavy atom. The van der Waals surface area contributed by atoms with Gasteiger partial charge in [0.05, 0.1) is 35.3 Å². The van der Waals surface area contributed by atoms with Gasteiger partial charge in [0.2, 0.25) is 11.8 Å². The first-order chi connectivity index (χ1) is 13.6. The number of carbonyl (C=O) groups is 2. The molecule has 0 aromatic heterocycles. The Morgan fingerprint density at radius 2 is 1.50 bits per heavy atom. The molecule has 7 heteroatoms. The van der Waals surface area contributed by atoms with Crippen molar-refractivity contribution in [3.63, 3.8) is 0 Å². The van der Waals surface area contributed by atoms with Crippen LogP contribution >= 0.6 is 11.6 Å². The second kappa shape index (κ2) is 5.65. The van der Waals surface area contributed by atoms with E-state index in [-0.39, 0.29) is 23.8 Å². The topological polar surface area (TPSA) is 68.2 Å². The predicted molar refractivity (Wildman–Crippen MR) is 101 cm³/mol. The van der Waals surface area contributed by atoms with E-state index in [1.807, 2.05) is 30.3 Å². The number of anilines is 1. The molecule has 2 aromatic carbocycles. The average Bonchev–Trinajstić information content (AvgIpc) is 3.44. The summed E-state index contributed by atoms with van der Waals surface area (Å²) in [6, 6.07) is 16.5. The van der Waals surface area contributed by atoms with Crippen LogP contribution in [0.15, 0.2) is 59.8 Å². The highest BCUT2D eigenvalue weighted by atomic mass is 35.5. The number of nitrogens with zero attached hydrogens (tertiary/aromatic N) is 2. The quantitative estimate of drug-likeness (QED) is 0.734. The first-order valence-corrected chi connectivity index (χ1v) is 9.61. The van der Waals surface area contributed by atoms with Gasteiger partial charge in [-0.05, 0) is 29.8 Å². The van der Waals surface area contributed by atoms with Gasteiger partial charge < -0.3 is 9.57 Å². The summed E-state index contributed by atoms with van der Waals surface area (Å²) >= 11 is 5.94. The SMILES string of the molecule is O=C1C2C3OC(C4C(c5ccccc5)=NOC34)C2C(=O)N1c1ccc(Cl)cc1. The van der Waals surface area contributed by atoms with Crippen LogP contribution in [0.5, 0.6) is 0 Å². The molecule has 6 rings (SSSR count). The zero-order chi connectivity index (χ0) is 19.0. The number of ether oxygens (including phenoxy) is 1. The summed E-state index contributed by atoms with van der Waals surface area (Å²) in [7, 11) is 0. The molecule has 0 radical (unpaired) electrons. The van der Waals surface area contributed by atoms with Crippen LogP contribution in [0.3, 0.4) is 0 Å². The molecule has 6 atom stereocenters. The monoisotopic (exact) mass is 394 g/mol. The third kappa shape index (κ3) is 1.99. The van der Waals surface area contributed by atoms with Crippen LogP contribution < -0.4 is 4.90 Å². The Labute approximate surface area is 165 Å². The molecule has 0 saturated carbocycles. The van der Waals surface area contributed by atoms with Crippen LogP contribution in [0.2, 0.25) is 5.02 Å². The highest BCUT2D eigenvalue weighted by molar-refractivity contribution is 6.31. The van der Waals surface area contributed by atoms with Gasteiger partial charge in [-0.15, -0.1) is 0 Å². The van der Waals surface area contributed by atoms with Crippen LogP contribution in [0.25, 0.3) is 0 Å². The second-order valence-electron chi connectivity index (χ2n) is 7.54. The lowest BCUT2D eigenvalue weighted by atomic mass is 9.71. The molecule has 6 nitrogen and oxygen atoms in total. The molecule has 28 heavy (non-hydrogen) atoms. The Bertz CT molecular complexity index is 1020. The van der Waals surface area contributed by atoms with Crippen LogP contribution in [0, 0.1) is 17.8 Å². The third-order valence-corrected chi connectivity index (χ3v) is 6.45. The van der Waals surface area contributed by atoms with E-state index in [4.69, 9.17) is 21.2 Å². The number of imide groups is 1. The number of amides is 2. The second-order valence-corrected chi connectivity index (χ2v) is 7.98. The van der Waals surface area contributed by atoms with E-state index in [1.165, 1.54) is 4.90 Å². The van der Waals surface area contributed by atoms with Crippen molar-refractivity contribution in [3.8, 4) is 0 Å². The fraction of sp³-hybridized carbons (Fsp3) is 0.286. The first-order valence-electron chi connectivity index (χ1n) is 9.23. The van der Waals surface area contributed by atoms with Gasteiger partial charge in [0.25, 0.3) is 0 Å². The molecule has 6 unspecified atom stereocenters. The standard InChI is InChI=1S/C21H15ClN2O4/c22-11-6-8-12(9-7-11)24-20(25)13-14(21(24)26)18-19-15(17(13)27-18)16(23-28-19)10-4-2-1-3-5-10/h1-9,13-15,17-19H. The lowest BCUT2D eigenvalue weighted by molar-refractivity contribution is -0.125. The number of hydrogen-bond donors (Lipinski definition) is 0. The van der Waals surface area contributed by atoms with E-state index >= 15 is 0 Å². The van der Waals surface area contributed by atoms with Crippen molar-refractivity contribution < 1.29 is 19.2 Å². The van der Waals surface area contributed by atoms with Gasteiger partial charge in [0.1, 0.15) is 6.10 Å². The van der Waals surface area contributed by atoms with Crippen molar-refractivity contribution >= 4 is 34.8 Å². The maximum absolute atomic E-state index is 13.2. The molecule has 2 aromatic rings. The van der Waals surface area contributed by atoms with E-state index in [0.717, 1.165) is 11.3 Å². The van der Waals surface area contributed by atoms with Gasteiger partial charge in [-0.2, -0.15) is 0 Å². The smallest absolute Gasteiger partial charge is 0.240 e. The molecule has 4 aliphatic rings. The van der Waals surface area contributed by atoms with Gasteiger partial charge in [0, 0.05) is 5.02 Å². The molecule has 3 fully saturated rings. The van der Waals surface area contributed by atoms with Crippen molar-refractivity contribution in [2.75, 3.05) is 4.90 Å². The van der Waals surface area contributed by atoms with E-state index in [9.17, 15) is 9.59 Å².